The van der Waals surface area contributed by atoms with Crippen molar-refractivity contribution in [1.29, 1.82) is 0 Å². The number of hydrogen-bond acceptors (Lipinski definition) is 4. The summed E-state index contributed by atoms with van der Waals surface area (Å²) >= 11 is 0. The molecule has 0 amide bonds. The lowest BCUT2D eigenvalue weighted by atomic mass is 9.85. The van der Waals surface area contributed by atoms with Gasteiger partial charge in [-0.15, -0.1) is 0 Å². The van der Waals surface area contributed by atoms with Gasteiger partial charge in [0.05, 0.1) is 5.69 Å². The first-order chi connectivity index (χ1) is 8.12. The summed E-state index contributed by atoms with van der Waals surface area (Å²) in [5.41, 5.74) is 7.07. The van der Waals surface area contributed by atoms with Gasteiger partial charge in [-0.3, -0.25) is 4.98 Å². The largest absolute Gasteiger partial charge is 0.355 e. The minimum absolute atomic E-state index is 0.444. The molecule has 1 saturated heterocycles. The number of nitrogens with zero attached hydrogens (tertiary/aromatic N) is 3. The molecule has 4 heteroatoms. The lowest BCUT2D eigenvalue weighted by Gasteiger charge is -2.25. The monoisotopic (exact) mass is 234 g/mol. The summed E-state index contributed by atoms with van der Waals surface area (Å²) in [5.74, 6) is 0.979. The number of nitrogens with two attached hydrogens (primary N) is 1. The standard InChI is InChI=1S/C13H22N4/c1-13(2)4-3-8-17(9-5-13)12-11(10-14)15-6-7-16-12/h6-7H,3-5,8-10,14H2,1-2H3. The molecule has 0 unspecified atom stereocenters. The molecule has 0 aromatic carbocycles. The molecule has 4 nitrogen and oxygen atoms in total. The van der Waals surface area contributed by atoms with Crippen LogP contribution in [-0.2, 0) is 6.54 Å². The van der Waals surface area contributed by atoms with Crippen molar-refractivity contribution in [2.24, 2.45) is 11.1 Å². The smallest absolute Gasteiger partial charge is 0.151 e. The third-order valence-corrected chi connectivity index (χ3v) is 3.58. The molecule has 2 rings (SSSR count). The van der Waals surface area contributed by atoms with Crippen LogP contribution in [0.2, 0.25) is 0 Å². The maximum absolute atomic E-state index is 5.72. The molecule has 1 aliphatic rings. The topological polar surface area (TPSA) is 55.0 Å². The van der Waals surface area contributed by atoms with Crippen molar-refractivity contribution in [3.8, 4) is 0 Å². The summed E-state index contributed by atoms with van der Waals surface area (Å²) < 4.78 is 0. The van der Waals surface area contributed by atoms with E-state index in [0.717, 1.165) is 24.6 Å². The number of aromatic nitrogens is 2. The second-order valence-electron chi connectivity index (χ2n) is 5.54. The Labute approximate surface area is 103 Å². The third kappa shape index (κ3) is 2.94. The van der Waals surface area contributed by atoms with Crippen LogP contribution < -0.4 is 10.6 Å². The van der Waals surface area contributed by atoms with E-state index in [1.165, 1.54) is 19.3 Å². The highest BCUT2D eigenvalue weighted by atomic mass is 15.2. The van der Waals surface area contributed by atoms with Gasteiger partial charge in [0, 0.05) is 32.0 Å². The van der Waals surface area contributed by atoms with Crippen LogP contribution in [0.4, 0.5) is 5.82 Å². The average molecular weight is 234 g/mol. The zero-order valence-corrected chi connectivity index (χ0v) is 10.8. The molecule has 17 heavy (non-hydrogen) atoms. The Kier molecular flexibility index (Phi) is 3.62. The van der Waals surface area contributed by atoms with Crippen LogP contribution in [-0.4, -0.2) is 23.1 Å². The molecule has 0 radical (unpaired) electrons. The molecule has 1 aromatic rings. The Balaban J connectivity index is 2.17. The molecule has 2 N–H and O–H groups in total. The lowest BCUT2D eigenvalue weighted by Crippen LogP contribution is -2.28. The van der Waals surface area contributed by atoms with Crippen LogP contribution in [0.1, 0.15) is 38.8 Å². The normalized spacial score (nSPS) is 20.1. The van der Waals surface area contributed by atoms with E-state index in [9.17, 15) is 0 Å². The fourth-order valence-corrected chi connectivity index (χ4v) is 2.40. The molecule has 0 atom stereocenters. The van der Waals surface area contributed by atoms with E-state index < -0.39 is 0 Å². The maximum Gasteiger partial charge on any atom is 0.151 e. The Bertz CT molecular complexity index is 375. The summed E-state index contributed by atoms with van der Waals surface area (Å²) in [4.78, 5) is 11.1. The molecule has 0 aliphatic carbocycles. The number of rotatable bonds is 2. The van der Waals surface area contributed by atoms with Crippen LogP contribution in [0.3, 0.4) is 0 Å². The SMILES string of the molecule is CC1(C)CCCN(c2nccnc2CN)CC1. The Hall–Kier alpha value is -1.16. The highest BCUT2D eigenvalue weighted by Gasteiger charge is 2.24. The highest BCUT2D eigenvalue weighted by Crippen LogP contribution is 2.31. The van der Waals surface area contributed by atoms with Gasteiger partial charge in [-0.1, -0.05) is 13.8 Å². The molecule has 0 saturated carbocycles. The van der Waals surface area contributed by atoms with E-state index in [1.807, 2.05) is 0 Å². The average Bonchev–Trinajstić information content (AvgIpc) is 2.50. The Morgan fingerprint density at radius 2 is 2.00 bits per heavy atom. The van der Waals surface area contributed by atoms with Gasteiger partial charge in [-0.05, 0) is 24.7 Å². The molecular weight excluding hydrogens is 212 g/mol. The fourth-order valence-electron chi connectivity index (χ4n) is 2.40. The first-order valence-corrected chi connectivity index (χ1v) is 6.37. The summed E-state index contributed by atoms with van der Waals surface area (Å²) in [6.45, 7) is 7.27. The zero-order chi connectivity index (χ0) is 12.3. The van der Waals surface area contributed by atoms with E-state index in [4.69, 9.17) is 5.73 Å². The summed E-state index contributed by atoms with van der Waals surface area (Å²) in [7, 11) is 0. The van der Waals surface area contributed by atoms with Crippen molar-refractivity contribution < 1.29 is 0 Å². The molecule has 0 spiro atoms. The van der Waals surface area contributed by atoms with E-state index in [0.29, 0.717) is 12.0 Å². The second-order valence-corrected chi connectivity index (χ2v) is 5.54. The molecular formula is C13H22N4. The van der Waals surface area contributed by atoms with Crippen LogP contribution in [0, 0.1) is 5.41 Å². The van der Waals surface area contributed by atoms with Crippen molar-refractivity contribution in [1.82, 2.24) is 9.97 Å². The van der Waals surface area contributed by atoms with Crippen molar-refractivity contribution >= 4 is 5.82 Å². The Morgan fingerprint density at radius 3 is 2.76 bits per heavy atom. The minimum Gasteiger partial charge on any atom is -0.355 e. The van der Waals surface area contributed by atoms with Crippen molar-refractivity contribution in [3.05, 3.63) is 18.1 Å². The van der Waals surface area contributed by atoms with Gasteiger partial charge < -0.3 is 10.6 Å². The van der Waals surface area contributed by atoms with Crippen LogP contribution >= 0.6 is 0 Å². The number of hydrogen-bond donors (Lipinski definition) is 1. The van der Waals surface area contributed by atoms with Gasteiger partial charge >= 0.3 is 0 Å². The molecule has 2 heterocycles. The van der Waals surface area contributed by atoms with E-state index in [-0.39, 0.29) is 0 Å². The first kappa shape index (κ1) is 12.3. The van der Waals surface area contributed by atoms with Crippen molar-refractivity contribution in [3.63, 3.8) is 0 Å². The van der Waals surface area contributed by atoms with Gasteiger partial charge in [-0.25, -0.2) is 4.98 Å². The molecule has 1 fully saturated rings. The lowest BCUT2D eigenvalue weighted by molar-refractivity contribution is 0.325. The third-order valence-electron chi connectivity index (χ3n) is 3.58. The van der Waals surface area contributed by atoms with E-state index >= 15 is 0 Å². The van der Waals surface area contributed by atoms with E-state index in [1.54, 1.807) is 12.4 Å². The molecule has 0 bridgehead atoms. The van der Waals surface area contributed by atoms with Gasteiger partial charge in [0.15, 0.2) is 5.82 Å². The van der Waals surface area contributed by atoms with E-state index in [2.05, 4.69) is 28.7 Å². The summed E-state index contributed by atoms with van der Waals surface area (Å²) in [6, 6.07) is 0. The maximum atomic E-state index is 5.72. The van der Waals surface area contributed by atoms with Crippen LogP contribution in [0.5, 0.6) is 0 Å². The highest BCUT2D eigenvalue weighted by molar-refractivity contribution is 5.43. The molecule has 1 aromatic heterocycles. The fraction of sp³-hybridized carbons (Fsp3) is 0.692. The predicted octanol–water partition coefficient (Wildman–Crippen LogP) is 1.95. The quantitative estimate of drug-likeness (QED) is 0.849. The number of anilines is 1. The predicted molar refractivity (Wildman–Crippen MR) is 69.8 cm³/mol. The van der Waals surface area contributed by atoms with Gasteiger partial charge in [0.2, 0.25) is 0 Å². The van der Waals surface area contributed by atoms with Gasteiger partial charge in [0.1, 0.15) is 0 Å². The van der Waals surface area contributed by atoms with Gasteiger partial charge in [-0.2, -0.15) is 0 Å². The Morgan fingerprint density at radius 1 is 1.24 bits per heavy atom. The van der Waals surface area contributed by atoms with Gasteiger partial charge in [0.25, 0.3) is 0 Å². The zero-order valence-electron chi connectivity index (χ0n) is 10.8. The molecule has 1 aliphatic heterocycles. The second kappa shape index (κ2) is 5.00. The van der Waals surface area contributed by atoms with Crippen molar-refractivity contribution in [2.45, 2.75) is 39.7 Å². The minimum atomic E-state index is 0.444. The van der Waals surface area contributed by atoms with Crippen molar-refractivity contribution in [2.75, 3.05) is 18.0 Å². The van der Waals surface area contributed by atoms with Crippen LogP contribution in [0.25, 0.3) is 0 Å². The van der Waals surface area contributed by atoms with Crippen LogP contribution in [0.15, 0.2) is 12.4 Å². The molecule has 94 valence electrons. The summed E-state index contributed by atoms with van der Waals surface area (Å²) in [6.07, 6.45) is 7.17. The summed E-state index contributed by atoms with van der Waals surface area (Å²) in [5, 5.41) is 0. The first-order valence-electron chi connectivity index (χ1n) is 6.37.